The summed E-state index contributed by atoms with van der Waals surface area (Å²) in [6, 6.07) is -0.0427. The van der Waals surface area contributed by atoms with Crippen molar-refractivity contribution in [2.24, 2.45) is 13.0 Å². The Balaban J connectivity index is 1.94. The molecule has 0 unspecified atom stereocenters. The van der Waals surface area contributed by atoms with Crippen LogP contribution in [0.1, 0.15) is 12.8 Å². The van der Waals surface area contributed by atoms with Gasteiger partial charge in [0.1, 0.15) is 12.4 Å². The first-order valence-electron chi connectivity index (χ1n) is 6.02. The highest BCUT2D eigenvalue weighted by atomic mass is 16.5. The lowest BCUT2D eigenvalue weighted by molar-refractivity contribution is -0.670. The molecule has 18 heavy (non-hydrogen) atoms. The molecule has 1 aromatic heterocycles. The van der Waals surface area contributed by atoms with E-state index in [0.29, 0.717) is 25.9 Å². The summed E-state index contributed by atoms with van der Waals surface area (Å²) in [5.41, 5.74) is 0. The fraction of sp³-hybridized carbons (Fsp3) is 0.583. The van der Waals surface area contributed by atoms with Crippen LogP contribution in [-0.4, -0.2) is 41.7 Å². The van der Waals surface area contributed by atoms with Gasteiger partial charge in [-0.05, 0) is 12.8 Å². The minimum Gasteiger partial charge on any atom is -0.469 e. The normalized spacial score (nSPS) is 16.7. The van der Waals surface area contributed by atoms with E-state index in [1.165, 1.54) is 7.11 Å². The Bertz CT molecular complexity index is 447. The number of carbonyl (C=O) groups is 2. The fourth-order valence-electron chi connectivity index (χ4n) is 2.20. The van der Waals surface area contributed by atoms with Crippen molar-refractivity contribution >= 4 is 12.0 Å². The van der Waals surface area contributed by atoms with Crippen molar-refractivity contribution < 1.29 is 18.9 Å². The molecule has 0 aliphatic carbocycles. The molecule has 1 aliphatic rings. The summed E-state index contributed by atoms with van der Waals surface area (Å²) >= 11 is 0. The summed E-state index contributed by atoms with van der Waals surface area (Å²) in [6.07, 6.45) is 6.63. The minimum absolute atomic E-state index is 0.0427. The summed E-state index contributed by atoms with van der Waals surface area (Å²) in [4.78, 5) is 25.3. The van der Waals surface area contributed by atoms with E-state index in [4.69, 9.17) is 4.74 Å². The minimum atomic E-state index is -0.172. The van der Waals surface area contributed by atoms with Crippen LogP contribution in [0.2, 0.25) is 0 Å². The molecule has 1 amide bonds. The van der Waals surface area contributed by atoms with E-state index in [1.807, 2.05) is 17.8 Å². The topological polar surface area (TPSA) is 55.4 Å². The number of ether oxygens (including phenoxy) is 1. The average molecular weight is 252 g/mol. The molecule has 0 saturated carbocycles. The molecule has 6 heteroatoms. The molecular weight excluding hydrogens is 234 g/mol. The molecule has 1 saturated heterocycles. The van der Waals surface area contributed by atoms with Gasteiger partial charge in [0.05, 0.1) is 20.1 Å². The van der Waals surface area contributed by atoms with Crippen LogP contribution in [0.15, 0.2) is 18.7 Å². The van der Waals surface area contributed by atoms with E-state index in [1.54, 1.807) is 22.0 Å². The van der Waals surface area contributed by atoms with Crippen molar-refractivity contribution in [3.8, 4) is 0 Å². The lowest BCUT2D eigenvalue weighted by atomic mass is 9.97. The van der Waals surface area contributed by atoms with Crippen LogP contribution < -0.4 is 4.57 Å². The number of hydrogen-bond donors (Lipinski definition) is 0. The number of amides is 1. The largest absolute Gasteiger partial charge is 0.469 e. The number of carbonyl (C=O) groups excluding carboxylic acids is 2. The second-order valence-corrected chi connectivity index (χ2v) is 4.55. The number of aryl methyl sites for hydroxylation is 1. The van der Waals surface area contributed by atoms with E-state index < -0.39 is 0 Å². The van der Waals surface area contributed by atoms with E-state index in [-0.39, 0.29) is 17.9 Å². The first kappa shape index (κ1) is 12.6. The van der Waals surface area contributed by atoms with Crippen molar-refractivity contribution in [2.75, 3.05) is 20.2 Å². The molecule has 6 nitrogen and oxygen atoms in total. The molecule has 0 bridgehead atoms. The molecule has 2 rings (SSSR count). The highest BCUT2D eigenvalue weighted by molar-refractivity contribution is 5.77. The van der Waals surface area contributed by atoms with E-state index in [2.05, 4.69) is 0 Å². The second kappa shape index (κ2) is 5.20. The Morgan fingerprint density at radius 2 is 2.00 bits per heavy atom. The Kier molecular flexibility index (Phi) is 3.64. The number of imidazole rings is 1. The van der Waals surface area contributed by atoms with Gasteiger partial charge in [-0.25, -0.2) is 9.36 Å². The molecular formula is C12H18N3O3+. The highest BCUT2D eigenvalue weighted by Crippen LogP contribution is 2.18. The standard InChI is InChI=1S/C12H18N3O3/c1-13-7-8-15(9-13)12(17)14-5-3-10(4-6-14)11(16)18-2/h7-10H,3-6H2,1-2H3/q+1. The van der Waals surface area contributed by atoms with E-state index in [9.17, 15) is 9.59 Å². The molecule has 1 aromatic rings. The Labute approximate surface area is 106 Å². The number of aromatic nitrogens is 2. The number of piperidine rings is 1. The summed E-state index contributed by atoms with van der Waals surface area (Å²) < 4.78 is 8.10. The maximum absolute atomic E-state index is 12.1. The summed E-state index contributed by atoms with van der Waals surface area (Å²) in [6.45, 7) is 1.20. The zero-order chi connectivity index (χ0) is 13.1. The van der Waals surface area contributed by atoms with Gasteiger partial charge >= 0.3 is 12.0 Å². The number of methoxy groups -OCH3 is 1. The van der Waals surface area contributed by atoms with Crippen LogP contribution in [0.25, 0.3) is 0 Å². The zero-order valence-electron chi connectivity index (χ0n) is 10.7. The number of rotatable bonds is 1. The maximum Gasteiger partial charge on any atom is 0.415 e. The van der Waals surface area contributed by atoms with Gasteiger partial charge in [0.2, 0.25) is 0 Å². The highest BCUT2D eigenvalue weighted by Gasteiger charge is 2.30. The molecule has 0 spiro atoms. The molecule has 98 valence electrons. The van der Waals surface area contributed by atoms with Crippen LogP contribution in [0, 0.1) is 5.92 Å². The van der Waals surface area contributed by atoms with Crippen molar-refractivity contribution in [3.63, 3.8) is 0 Å². The number of hydrogen-bond acceptors (Lipinski definition) is 3. The van der Waals surface area contributed by atoms with Gasteiger partial charge in [0.25, 0.3) is 6.33 Å². The van der Waals surface area contributed by atoms with Gasteiger partial charge in [0, 0.05) is 13.1 Å². The quantitative estimate of drug-likeness (QED) is 0.528. The first-order chi connectivity index (χ1) is 8.61. The molecule has 1 fully saturated rings. The third-order valence-electron chi connectivity index (χ3n) is 3.29. The van der Waals surface area contributed by atoms with Gasteiger partial charge in [-0.1, -0.05) is 0 Å². The van der Waals surface area contributed by atoms with E-state index >= 15 is 0 Å². The van der Waals surface area contributed by atoms with Crippen LogP contribution in [-0.2, 0) is 16.6 Å². The lowest BCUT2D eigenvalue weighted by Gasteiger charge is -2.28. The Hall–Kier alpha value is -1.85. The molecule has 0 N–H and O–H groups in total. The number of esters is 1. The lowest BCUT2D eigenvalue weighted by Crippen LogP contribution is -2.42. The molecule has 0 atom stereocenters. The molecule has 1 aliphatic heterocycles. The molecule has 0 radical (unpaired) electrons. The fourth-order valence-corrected chi connectivity index (χ4v) is 2.20. The monoisotopic (exact) mass is 252 g/mol. The van der Waals surface area contributed by atoms with Crippen molar-refractivity contribution in [1.82, 2.24) is 9.47 Å². The van der Waals surface area contributed by atoms with Crippen LogP contribution >= 0.6 is 0 Å². The SMILES string of the molecule is COC(=O)C1CCN(C(=O)n2cc[n+](C)c2)CC1. The summed E-state index contributed by atoms with van der Waals surface area (Å²) in [5.74, 6) is -0.241. The zero-order valence-corrected chi connectivity index (χ0v) is 10.7. The second-order valence-electron chi connectivity index (χ2n) is 4.55. The molecule has 0 aromatic carbocycles. The summed E-state index contributed by atoms with van der Waals surface area (Å²) in [5, 5.41) is 0. The Morgan fingerprint density at radius 1 is 1.33 bits per heavy atom. The van der Waals surface area contributed by atoms with Crippen molar-refractivity contribution in [1.29, 1.82) is 0 Å². The van der Waals surface area contributed by atoms with Gasteiger partial charge in [0.15, 0.2) is 0 Å². The predicted molar refractivity (Wildman–Crippen MR) is 62.7 cm³/mol. The predicted octanol–water partition coefficient (Wildman–Crippen LogP) is 0.166. The maximum atomic E-state index is 12.1. The van der Waals surface area contributed by atoms with Crippen molar-refractivity contribution in [3.05, 3.63) is 18.7 Å². The van der Waals surface area contributed by atoms with Gasteiger partial charge < -0.3 is 9.64 Å². The van der Waals surface area contributed by atoms with Crippen LogP contribution in [0.4, 0.5) is 4.79 Å². The third kappa shape index (κ3) is 2.52. The number of likely N-dealkylation sites (tertiary alicyclic amines) is 1. The van der Waals surface area contributed by atoms with E-state index in [0.717, 1.165) is 0 Å². The smallest absolute Gasteiger partial charge is 0.415 e. The first-order valence-corrected chi connectivity index (χ1v) is 6.02. The average Bonchev–Trinajstić information content (AvgIpc) is 2.84. The van der Waals surface area contributed by atoms with Gasteiger partial charge in [-0.2, -0.15) is 4.57 Å². The van der Waals surface area contributed by atoms with Crippen LogP contribution in [0.3, 0.4) is 0 Å². The van der Waals surface area contributed by atoms with Crippen molar-refractivity contribution in [2.45, 2.75) is 12.8 Å². The molecule has 2 heterocycles. The van der Waals surface area contributed by atoms with Gasteiger partial charge in [-0.15, -0.1) is 0 Å². The summed E-state index contributed by atoms with van der Waals surface area (Å²) in [7, 11) is 3.27. The Morgan fingerprint density at radius 3 is 2.50 bits per heavy atom. The van der Waals surface area contributed by atoms with Gasteiger partial charge in [-0.3, -0.25) is 4.79 Å². The number of nitrogens with zero attached hydrogens (tertiary/aromatic N) is 3. The third-order valence-corrected chi connectivity index (χ3v) is 3.29. The van der Waals surface area contributed by atoms with Crippen LogP contribution in [0.5, 0.6) is 0 Å².